The number of likely N-dealkylation sites (tertiary alicyclic amines) is 1. The smallest absolute Gasteiger partial charge is 0.127 e. The third kappa shape index (κ3) is 3.58. The van der Waals surface area contributed by atoms with Gasteiger partial charge in [-0.1, -0.05) is 38.5 Å². The third-order valence-electron chi connectivity index (χ3n) is 4.61. The fraction of sp³-hybridized carbons (Fsp3) is 0.647. The van der Waals surface area contributed by atoms with Crippen LogP contribution in [0.3, 0.4) is 0 Å². The second kappa shape index (κ2) is 7.19. The van der Waals surface area contributed by atoms with Gasteiger partial charge < -0.3 is 10.2 Å². The first kappa shape index (κ1) is 15.5. The van der Waals surface area contributed by atoms with Crippen molar-refractivity contribution in [3.8, 4) is 0 Å². The van der Waals surface area contributed by atoms with Gasteiger partial charge in [0.25, 0.3) is 0 Å². The summed E-state index contributed by atoms with van der Waals surface area (Å²) in [5, 5.41) is 3.29. The molecule has 3 unspecified atom stereocenters. The number of rotatable bonds is 6. The topological polar surface area (TPSA) is 15.3 Å². The first-order valence-corrected chi connectivity index (χ1v) is 7.79. The van der Waals surface area contributed by atoms with Gasteiger partial charge in [0.2, 0.25) is 0 Å². The van der Waals surface area contributed by atoms with Gasteiger partial charge in [0.05, 0.1) is 0 Å². The van der Waals surface area contributed by atoms with Crippen LogP contribution in [-0.2, 0) is 0 Å². The minimum Gasteiger partial charge on any atom is -0.313 e. The minimum absolute atomic E-state index is 0.0804. The highest BCUT2D eigenvalue weighted by Gasteiger charge is 2.26. The van der Waals surface area contributed by atoms with Gasteiger partial charge in [0.15, 0.2) is 0 Å². The Morgan fingerprint density at radius 2 is 2.15 bits per heavy atom. The Morgan fingerprint density at radius 3 is 2.75 bits per heavy atom. The summed E-state index contributed by atoms with van der Waals surface area (Å²) in [6.07, 6.45) is 2.58. The fourth-order valence-electron chi connectivity index (χ4n) is 3.40. The lowest BCUT2D eigenvalue weighted by Crippen LogP contribution is -2.34. The van der Waals surface area contributed by atoms with Gasteiger partial charge >= 0.3 is 0 Å². The van der Waals surface area contributed by atoms with Crippen LogP contribution >= 0.6 is 0 Å². The largest absolute Gasteiger partial charge is 0.313 e. The van der Waals surface area contributed by atoms with E-state index in [2.05, 4.69) is 24.1 Å². The van der Waals surface area contributed by atoms with Crippen LogP contribution in [0.4, 0.5) is 4.39 Å². The first-order chi connectivity index (χ1) is 9.65. The molecule has 0 saturated carbocycles. The van der Waals surface area contributed by atoms with Gasteiger partial charge in [0, 0.05) is 24.7 Å². The lowest BCUT2D eigenvalue weighted by atomic mass is 9.93. The molecule has 0 bridgehead atoms. The number of benzene rings is 1. The third-order valence-corrected chi connectivity index (χ3v) is 4.61. The highest BCUT2D eigenvalue weighted by molar-refractivity contribution is 5.21. The molecule has 1 saturated heterocycles. The van der Waals surface area contributed by atoms with Crippen molar-refractivity contribution in [3.63, 3.8) is 0 Å². The summed E-state index contributed by atoms with van der Waals surface area (Å²) >= 11 is 0. The fourth-order valence-corrected chi connectivity index (χ4v) is 3.40. The van der Waals surface area contributed by atoms with Gasteiger partial charge in [-0.25, -0.2) is 4.39 Å². The molecule has 0 aliphatic carbocycles. The summed E-state index contributed by atoms with van der Waals surface area (Å²) in [7, 11) is 1.92. The molecule has 0 aromatic heterocycles. The van der Waals surface area contributed by atoms with Crippen molar-refractivity contribution in [3.05, 3.63) is 35.6 Å². The second-order valence-corrected chi connectivity index (χ2v) is 6.09. The maximum absolute atomic E-state index is 14.0. The van der Waals surface area contributed by atoms with Crippen molar-refractivity contribution in [2.24, 2.45) is 11.8 Å². The number of halogens is 1. The summed E-state index contributed by atoms with van der Waals surface area (Å²) in [5.41, 5.74) is 0.786. The van der Waals surface area contributed by atoms with Crippen LogP contribution in [0.2, 0.25) is 0 Å². The molecule has 0 amide bonds. The Morgan fingerprint density at radius 1 is 1.40 bits per heavy atom. The maximum atomic E-state index is 14.0. The van der Waals surface area contributed by atoms with E-state index in [0.717, 1.165) is 18.0 Å². The summed E-state index contributed by atoms with van der Waals surface area (Å²) in [5.74, 6) is 1.14. The van der Waals surface area contributed by atoms with Crippen LogP contribution in [0.1, 0.15) is 38.3 Å². The Bertz CT molecular complexity index is 421. The van der Waals surface area contributed by atoms with Crippen LogP contribution in [0.25, 0.3) is 0 Å². The summed E-state index contributed by atoms with van der Waals surface area (Å²) < 4.78 is 14.0. The zero-order valence-corrected chi connectivity index (χ0v) is 12.9. The van der Waals surface area contributed by atoms with Crippen molar-refractivity contribution in [1.82, 2.24) is 10.2 Å². The van der Waals surface area contributed by atoms with Gasteiger partial charge in [0.1, 0.15) is 5.82 Å². The molecule has 1 aliphatic rings. The average Bonchev–Trinajstić information content (AvgIpc) is 2.89. The molecule has 20 heavy (non-hydrogen) atoms. The molecule has 1 aromatic rings. The molecule has 2 nitrogen and oxygen atoms in total. The van der Waals surface area contributed by atoms with E-state index in [1.165, 1.54) is 25.9 Å². The molecule has 1 aromatic carbocycles. The average molecular weight is 278 g/mol. The van der Waals surface area contributed by atoms with E-state index >= 15 is 0 Å². The molecule has 112 valence electrons. The van der Waals surface area contributed by atoms with E-state index in [-0.39, 0.29) is 11.9 Å². The van der Waals surface area contributed by atoms with Crippen LogP contribution in [0, 0.1) is 17.7 Å². The van der Waals surface area contributed by atoms with Gasteiger partial charge in [-0.2, -0.15) is 0 Å². The van der Waals surface area contributed by atoms with Crippen molar-refractivity contribution in [2.75, 3.05) is 26.7 Å². The molecule has 0 spiro atoms. The highest BCUT2D eigenvalue weighted by atomic mass is 19.1. The van der Waals surface area contributed by atoms with E-state index in [1.54, 1.807) is 12.1 Å². The summed E-state index contributed by atoms with van der Waals surface area (Å²) in [6, 6.07) is 7.19. The van der Waals surface area contributed by atoms with E-state index < -0.39 is 0 Å². The molecule has 3 atom stereocenters. The summed E-state index contributed by atoms with van der Waals surface area (Å²) in [6.45, 7) is 7.92. The predicted octanol–water partition coefficient (Wildman–Crippen LogP) is 3.45. The number of nitrogens with zero attached hydrogens (tertiary/aromatic N) is 1. The standard InChI is InChI=1S/C17H27FN2/c1-4-14-9-10-20(12-14)11-13(2)17(19-3)15-7-5-6-8-16(15)18/h5-8,13-14,17,19H,4,9-12H2,1-3H3. The Balaban J connectivity index is 1.99. The van der Waals surface area contributed by atoms with Crippen molar-refractivity contribution >= 4 is 0 Å². The number of hydrogen-bond acceptors (Lipinski definition) is 2. The van der Waals surface area contributed by atoms with Gasteiger partial charge in [-0.3, -0.25) is 0 Å². The molecule has 2 rings (SSSR count). The van der Waals surface area contributed by atoms with Crippen molar-refractivity contribution < 1.29 is 4.39 Å². The Hall–Kier alpha value is -0.930. The van der Waals surface area contributed by atoms with Crippen LogP contribution in [-0.4, -0.2) is 31.6 Å². The Labute approximate surface area is 122 Å². The molecular weight excluding hydrogens is 251 g/mol. The molecule has 1 fully saturated rings. The second-order valence-electron chi connectivity index (χ2n) is 6.09. The normalized spacial score (nSPS) is 22.9. The SMILES string of the molecule is CCC1CCN(CC(C)C(NC)c2ccccc2F)C1. The molecule has 3 heteroatoms. The van der Waals surface area contributed by atoms with Crippen LogP contribution < -0.4 is 5.32 Å². The minimum atomic E-state index is -0.105. The molecule has 1 heterocycles. The molecular formula is C17H27FN2. The van der Waals surface area contributed by atoms with Crippen LogP contribution in [0.5, 0.6) is 0 Å². The lowest BCUT2D eigenvalue weighted by Gasteiger charge is -2.28. The predicted molar refractivity (Wildman–Crippen MR) is 82.2 cm³/mol. The van der Waals surface area contributed by atoms with Crippen molar-refractivity contribution in [1.29, 1.82) is 0 Å². The zero-order valence-electron chi connectivity index (χ0n) is 12.9. The zero-order chi connectivity index (χ0) is 14.5. The van der Waals surface area contributed by atoms with E-state index in [4.69, 9.17) is 0 Å². The molecule has 1 N–H and O–H groups in total. The van der Waals surface area contributed by atoms with Crippen molar-refractivity contribution in [2.45, 2.75) is 32.7 Å². The van der Waals surface area contributed by atoms with Gasteiger partial charge in [-0.05, 0) is 37.9 Å². The quantitative estimate of drug-likeness (QED) is 0.857. The Kier molecular flexibility index (Phi) is 5.55. The monoisotopic (exact) mass is 278 g/mol. The maximum Gasteiger partial charge on any atom is 0.127 e. The van der Waals surface area contributed by atoms with Gasteiger partial charge in [-0.15, -0.1) is 0 Å². The number of nitrogens with one attached hydrogen (secondary N) is 1. The lowest BCUT2D eigenvalue weighted by molar-refractivity contribution is 0.242. The molecule has 0 radical (unpaired) electrons. The molecule has 1 aliphatic heterocycles. The first-order valence-electron chi connectivity index (χ1n) is 7.79. The van der Waals surface area contributed by atoms with E-state index in [9.17, 15) is 4.39 Å². The van der Waals surface area contributed by atoms with Crippen LogP contribution in [0.15, 0.2) is 24.3 Å². The van der Waals surface area contributed by atoms with E-state index in [1.807, 2.05) is 19.2 Å². The summed E-state index contributed by atoms with van der Waals surface area (Å²) in [4.78, 5) is 2.53. The number of hydrogen-bond donors (Lipinski definition) is 1. The highest BCUT2D eigenvalue weighted by Crippen LogP contribution is 2.27. The van der Waals surface area contributed by atoms with E-state index in [0.29, 0.717) is 5.92 Å².